The van der Waals surface area contributed by atoms with Gasteiger partial charge in [-0.3, -0.25) is 4.90 Å². The van der Waals surface area contributed by atoms with Crippen LogP contribution in [0.15, 0.2) is 18.2 Å². The van der Waals surface area contributed by atoms with Crippen molar-refractivity contribution in [3.63, 3.8) is 0 Å². The predicted octanol–water partition coefficient (Wildman–Crippen LogP) is 1.74. The molecule has 15 heavy (non-hydrogen) atoms. The molecule has 1 N–H and O–H groups in total. The van der Waals surface area contributed by atoms with Crippen LogP contribution in [-0.2, 0) is 17.8 Å². The van der Waals surface area contributed by atoms with E-state index in [9.17, 15) is 5.11 Å². The number of fused-ring (bicyclic) bond motifs is 1. The lowest BCUT2D eigenvalue weighted by Crippen LogP contribution is -2.31. The SMILES string of the molecule is COCC(C)N1Cc2ccc(O)cc2C1. The Morgan fingerprint density at radius 1 is 1.40 bits per heavy atom. The fourth-order valence-electron chi connectivity index (χ4n) is 2.07. The Morgan fingerprint density at radius 3 is 2.87 bits per heavy atom. The first-order valence-electron chi connectivity index (χ1n) is 5.24. The van der Waals surface area contributed by atoms with Crippen molar-refractivity contribution in [3.05, 3.63) is 29.3 Å². The van der Waals surface area contributed by atoms with Gasteiger partial charge in [0.1, 0.15) is 5.75 Å². The zero-order valence-corrected chi connectivity index (χ0v) is 9.23. The first-order chi connectivity index (χ1) is 7.20. The molecule has 3 heteroatoms. The lowest BCUT2D eigenvalue weighted by molar-refractivity contribution is 0.0980. The van der Waals surface area contributed by atoms with Gasteiger partial charge in [-0.15, -0.1) is 0 Å². The summed E-state index contributed by atoms with van der Waals surface area (Å²) in [5, 5.41) is 9.38. The van der Waals surface area contributed by atoms with Gasteiger partial charge in [-0.1, -0.05) is 6.07 Å². The molecule has 0 radical (unpaired) electrons. The molecular weight excluding hydrogens is 190 g/mol. The van der Waals surface area contributed by atoms with Gasteiger partial charge in [-0.05, 0) is 30.2 Å². The number of phenolic OH excluding ortho intramolecular Hbond substituents is 1. The summed E-state index contributed by atoms with van der Waals surface area (Å²) < 4.78 is 5.15. The van der Waals surface area contributed by atoms with Gasteiger partial charge in [0.25, 0.3) is 0 Å². The molecule has 1 unspecified atom stereocenters. The number of methoxy groups -OCH3 is 1. The van der Waals surface area contributed by atoms with Gasteiger partial charge in [0.2, 0.25) is 0 Å². The fourth-order valence-corrected chi connectivity index (χ4v) is 2.07. The van der Waals surface area contributed by atoms with E-state index in [1.165, 1.54) is 11.1 Å². The largest absolute Gasteiger partial charge is 0.508 e. The highest BCUT2D eigenvalue weighted by molar-refractivity contribution is 5.37. The first kappa shape index (κ1) is 10.5. The summed E-state index contributed by atoms with van der Waals surface area (Å²) in [7, 11) is 1.73. The van der Waals surface area contributed by atoms with Crippen molar-refractivity contribution >= 4 is 0 Å². The van der Waals surface area contributed by atoms with Crippen molar-refractivity contribution in [2.75, 3.05) is 13.7 Å². The average Bonchev–Trinajstić information content (AvgIpc) is 2.60. The van der Waals surface area contributed by atoms with Crippen molar-refractivity contribution in [3.8, 4) is 5.75 Å². The van der Waals surface area contributed by atoms with Gasteiger partial charge < -0.3 is 9.84 Å². The minimum atomic E-state index is 0.356. The minimum absolute atomic E-state index is 0.356. The summed E-state index contributed by atoms with van der Waals surface area (Å²) in [5.74, 6) is 0.356. The highest BCUT2D eigenvalue weighted by Crippen LogP contribution is 2.27. The van der Waals surface area contributed by atoms with E-state index in [0.717, 1.165) is 19.7 Å². The first-order valence-corrected chi connectivity index (χ1v) is 5.24. The summed E-state index contributed by atoms with van der Waals surface area (Å²) in [6, 6.07) is 6.03. The van der Waals surface area contributed by atoms with Crippen molar-refractivity contribution in [2.45, 2.75) is 26.1 Å². The Hall–Kier alpha value is -1.06. The second-order valence-electron chi connectivity index (χ2n) is 4.16. The van der Waals surface area contributed by atoms with Crippen LogP contribution in [0.25, 0.3) is 0 Å². The average molecular weight is 207 g/mol. The van der Waals surface area contributed by atoms with Gasteiger partial charge in [0.05, 0.1) is 6.61 Å². The second-order valence-corrected chi connectivity index (χ2v) is 4.16. The van der Waals surface area contributed by atoms with Crippen molar-refractivity contribution in [1.82, 2.24) is 4.90 Å². The van der Waals surface area contributed by atoms with Crippen molar-refractivity contribution < 1.29 is 9.84 Å². The Balaban J connectivity index is 2.08. The molecule has 1 atom stereocenters. The van der Waals surface area contributed by atoms with Crippen molar-refractivity contribution in [1.29, 1.82) is 0 Å². The van der Waals surface area contributed by atoms with Gasteiger partial charge >= 0.3 is 0 Å². The summed E-state index contributed by atoms with van der Waals surface area (Å²) in [5.41, 5.74) is 2.55. The third-order valence-electron chi connectivity index (χ3n) is 2.97. The van der Waals surface area contributed by atoms with Crippen LogP contribution in [0.2, 0.25) is 0 Å². The second kappa shape index (κ2) is 4.21. The van der Waals surface area contributed by atoms with Crippen LogP contribution in [0.1, 0.15) is 18.1 Å². The van der Waals surface area contributed by atoms with Crippen LogP contribution in [-0.4, -0.2) is 29.8 Å². The number of nitrogens with zero attached hydrogens (tertiary/aromatic N) is 1. The Kier molecular flexibility index (Phi) is 2.93. The third kappa shape index (κ3) is 2.13. The lowest BCUT2D eigenvalue weighted by atomic mass is 10.1. The molecule has 0 spiro atoms. The summed E-state index contributed by atoms with van der Waals surface area (Å²) >= 11 is 0. The number of hydrogen-bond acceptors (Lipinski definition) is 3. The highest BCUT2D eigenvalue weighted by Gasteiger charge is 2.23. The number of rotatable bonds is 3. The van der Waals surface area contributed by atoms with Crippen molar-refractivity contribution in [2.24, 2.45) is 0 Å². The van der Waals surface area contributed by atoms with E-state index in [1.807, 2.05) is 12.1 Å². The molecule has 1 aromatic rings. The zero-order chi connectivity index (χ0) is 10.8. The molecule has 1 aliphatic rings. The maximum atomic E-state index is 9.38. The number of ether oxygens (including phenoxy) is 1. The third-order valence-corrected chi connectivity index (χ3v) is 2.97. The molecule has 0 saturated carbocycles. The van der Waals surface area contributed by atoms with E-state index in [0.29, 0.717) is 11.8 Å². The van der Waals surface area contributed by atoms with Gasteiger partial charge in [-0.2, -0.15) is 0 Å². The molecule has 0 amide bonds. The maximum absolute atomic E-state index is 9.38. The zero-order valence-electron chi connectivity index (χ0n) is 9.23. The number of phenols is 1. The highest BCUT2D eigenvalue weighted by atomic mass is 16.5. The summed E-state index contributed by atoms with van der Waals surface area (Å²) in [6.45, 7) is 4.78. The topological polar surface area (TPSA) is 32.7 Å². The van der Waals surface area contributed by atoms with Crippen LogP contribution in [0.5, 0.6) is 5.75 Å². The maximum Gasteiger partial charge on any atom is 0.115 e. The van der Waals surface area contributed by atoms with E-state index < -0.39 is 0 Å². The Bertz CT molecular complexity index is 351. The molecule has 0 fully saturated rings. The molecule has 1 heterocycles. The van der Waals surface area contributed by atoms with E-state index in [2.05, 4.69) is 11.8 Å². The predicted molar refractivity (Wildman–Crippen MR) is 58.7 cm³/mol. The molecule has 2 rings (SSSR count). The van der Waals surface area contributed by atoms with Crippen LogP contribution in [0.3, 0.4) is 0 Å². The molecule has 0 saturated heterocycles. The number of benzene rings is 1. The van der Waals surface area contributed by atoms with Crippen LogP contribution in [0, 0.1) is 0 Å². The van der Waals surface area contributed by atoms with E-state index >= 15 is 0 Å². The quantitative estimate of drug-likeness (QED) is 0.819. The Labute approximate surface area is 90.3 Å². The molecule has 82 valence electrons. The van der Waals surface area contributed by atoms with Crippen LogP contribution >= 0.6 is 0 Å². The van der Waals surface area contributed by atoms with Gasteiger partial charge in [-0.25, -0.2) is 0 Å². The minimum Gasteiger partial charge on any atom is -0.508 e. The van der Waals surface area contributed by atoms with Crippen LogP contribution in [0.4, 0.5) is 0 Å². The molecule has 0 bridgehead atoms. The number of aromatic hydroxyl groups is 1. The fraction of sp³-hybridized carbons (Fsp3) is 0.500. The normalized spacial score (nSPS) is 17.7. The molecule has 1 aromatic carbocycles. The van der Waals surface area contributed by atoms with Crippen LogP contribution < -0.4 is 0 Å². The van der Waals surface area contributed by atoms with E-state index in [4.69, 9.17) is 4.74 Å². The monoisotopic (exact) mass is 207 g/mol. The summed E-state index contributed by atoms with van der Waals surface area (Å²) in [6.07, 6.45) is 0. The molecule has 1 aliphatic heterocycles. The van der Waals surface area contributed by atoms with E-state index in [-0.39, 0.29) is 0 Å². The molecule has 0 aromatic heterocycles. The van der Waals surface area contributed by atoms with Gasteiger partial charge in [0.15, 0.2) is 0 Å². The van der Waals surface area contributed by atoms with Gasteiger partial charge in [0, 0.05) is 26.2 Å². The smallest absolute Gasteiger partial charge is 0.115 e. The lowest BCUT2D eigenvalue weighted by Gasteiger charge is -2.22. The Morgan fingerprint density at radius 2 is 2.13 bits per heavy atom. The molecule has 3 nitrogen and oxygen atoms in total. The molecule has 0 aliphatic carbocycles. The van der Waals surface area contributed by atoms with E-state index in [1.54, 1.807) is 13.2 Å². The standard InChI is InChI=1S/C12H17NO2/c1-9(8-15-2)13-6-10-3-4-12(14)5-11(10)7-13/h3-5,9,14H,6-8H2,1-2H3. The number of hydrogen-bond donors (Lipinski definition) is 1. The summed E-state index contributed by atoms with van der Waals surface area (Å²) in [4.78, 5) is 2.35. The molecular formula is C12H17NO2.